The second-order valence-electron chi connectivity index (χ2n) is 6.06. The second kappa shape index (κ2) is 7.87. The number of aromatic hydroxyl groups is 2. The normalized spacial score (nSPS) is 13.8. The minimum Gasteiger partial charge on any atom is -0.508 e. The van der Waals surface area contributed by atoms with E-state index < -0.39 is 37.0 Å². The Bertz CT molecular complexity index is 1180. The highest BCUT2D eigenvalue weighted by Gasteiger charge is 2.54. The maximum absolute atomic E-state index is 13.0. The highest BCUT2D eigenvalue weighted by molar-refractivity contribution is 7.87. The number of phenols is 2. The highest BCUT2D eigenvalue weighted by Crippen LogP contribution is 2.55. The first-order valence-electron chi connectivity index (χ1n) is 7.90. The summed E-state index contributed by atoms with van der Waals surface area (Å²) in [4.78, 5) is 0. The Hall–Kier alpha value is -1.67. The van der Waals surface area contributed by atoms with Crippen molar-refractivity contribution in [3.8, 4) is 11.5 Å². The van der Waals surface area contributed by atoms with Gasteiger partial charge in [-0.1, -0.05) is 76.7 Å². The lowest BCUT2D eigenvalue weighted by atomic mass is 9.83. The predicted octanol–water partition coefficient (Wildman–Crippen LogP) is 5.89. The molecule has 152 valence electrons. The van der Waals surface area contributed by atoms with Crippen LogP contribution in [0.3, 0.4) is 0 Å². The number of hydrogen-bond donors (Lipinski definition) is 3. The summed E-state index contributed by atoms with van der Waals surface area (Å²) >= 11 is 24.9. The van der Waals surface area contributed by atoms with Gasteiger partial charge < -0.3 is 10.2 Å². The number of halogens is 4. The first-order chi connectivity index (χ1) is 13.5. The number of benzene rings is 3. The van der Waals surface area contributed by atoms with Gasteiger partial charge in [-0.2, -0.15) is 8.42 Å². The lowest BCUT2D eigenvalue weighted by molar-refractivity contribution is 0.434. The number of hydrogen-bond acceptors (Lipinski definition) is 4. The van der Waals surface area contributed by atoms with Crippen LogP contribution in [0.2, 0.25) is 20.1 Å². The smallest absolute Gasteiger partial charge is 0.283 e. The van der Waals surface area contributed by atoms with Gasteiger partial charge in [0, 0.05) is 26.2 Å². The van der Waals surface area contributed by atoms with Gasteiger partial charge in [0.1, 0.15) is 11.5 Å². The summed E-state index contributed by atoms with van der Waals surface area (Å²) in [6, 6.07) is 12.0. The van der Waals surface area contributed by atoms with Crippen LogP contribution < -0.4 is 0 Å². The van der Waals surface area contributed by atoms with Crippen LogP contribution >= 0.6 is 46.4 Å². The Morgan fingerprint density at radius 2 is 1.28 bits per heavy atom. The fraction of sp³-hybridized carbons (Fsp3) is 0.0526. The van der Waals surface area contributed by atoms with Gasteiger partial charge in [0.05, 0.1) is 5.02 Å². The van der Waals surface area contributed by atoms with E-state index in [1.807, 2.05) is 0 Å². The zero-order chi connectivity index (χ0) is 21.6. The van der Waals surface area contributed by atoms with Crippen LogP contribution in [0.15, 0.2) is 54.6 Å². The maximum atomic E-state index is 13.0. The molecule has 0 heterocycles. The second-order valence-corrected chi connectivity index (χ2v) is 9.25. The first-order valence-corrected chi connectivity index (χ1v) is 10.9. The number of rotatable bonds is 4. The van der Waals surface area contributed by atoms with Gasteiger partial charge in [-0.3, -0.25) is 4.55 Å². The molecule has 3 rings (SSSR count). The molecule has 0 aromatic heterocycles. The molecule has 1 unspecified atom stereocenters. The Labute approximate surface area is 186 Å². The Morgan fingerprint density at radius 1 is 0.759 bits per heavy atom. The van der Waals surface area contributed by atoms with Gasteiger partial charge in [-0.05, 0) is 29.8 Å². The molecule has 29 heavy (non-hydrogen) atoms. The van der Waals surface area contributed by atoms with E-state index in [-0.39, 0.29) is 26.2 Å². The molecule has 10 heteroatoms. The molecule has 3 aromatic rings. The van der Waals surface area contributed by atoms with E-state index in [9.17, 15) is 23.2 Å². The van der Waals surface area contributed by atoms with Crippen molar-refractivity contribution in [1.29, 1.82) is 0 Å². The minimum absolute atomic E-state index is 0.0311. The predicted molar refractivity (Wildman–Crippen MR) is 114 cm³/mol. The van der Waals surface area contributed by atoms with E-state index in [0.29, 0.717) is 0 Å². The number of phenolic OH excluding ortho intramolecular Hbond substituents is 2. The third kappa shape index (κ3) is 3.54. The minimum atomic E-state index is -5.17. The van der Waals surface area contributed by atoms with E-state index >= 15 is 0 Å². The van der Waals surface area contributed by atoms with Crippen LogP contribution in [0, 0.1) is 0 Å². The summed E-state index contributed by atoms with van der Waals surface area (Å²) in [5.41, 5.74) is -0.836. The summed E-state index contributed by atoms with van der Waals surface area (Å²) in [6.45, 7) is 0. The van der Waals surface area contributed by atoms with Gasteiger partial charge in [0.2, 0.25) is 0 Å². The molecule has 1 atom stereocenters. The Balaban J connectivity index is 2.69. The van der Waals surface area contributed by atoms with E-state index in [1.165, 1.54) is 36.4 Å². The largest absolute Gasteiger partial charge is 0.508 e. The van der Waals surface area contributed by atoms with Crippen molar-refractivity contribution < 1.29 is 23.2 Å². The molecule has 0 amide bonds. The molecule has 0 saturated carbocycles. The van der Waals surface area contributed by atoms with Crippen LogP contribution in [-0.4, -0.2) is 23.2 Å². The summed E-state index contributed by atoms with van der Waals surface area (Å²) < 4.78 is 34.0. The molecule has 0 aliphatic heterocycles. The molecule has 3 aromatic carbocycles. The van der Waals surface area contributed by atoms with Crippen LogP contribution in [-0.2, 0) is 14.9 Å². The van der Waals surface area contributed by atoms with E-state index in [2.05, 4.69) is 0 Å². The molecule has 0 bridgehead atoms. The average molecular weight is 494 g/mol. The van der Waals surface area contributed by atoms with Crippen LogP contribution in [0.4, 0.5) is 0 Å². The lowest BCUT2D eigenvalue weighted by Gasteiger charge is -2.35. The first kappa shape index (κ1) is 22.0. The van der Waals surface area contributed by atoms with E-state index in [0.717, 1.165) is 12.1 Å². The summed E-state index contributed by atoms with van der Waals surface area (Å²) in [5.74, 6) is -1.14. The van der Waals surface area contributed by atoms with Crippen LogP contribution in [0.5, 0.6) is 11.5 Å². The lowest BCUT2D eigenvalue weighted by Crippen LogP contribution is -2.39. The molecule has 5 nitrogen and oxygen atoms in total. The van der Waals surface area contributed by atoms with Gasteiger partial charge >= 0.3 is 0 Å². The van der Waals surface area contributed by atoms with Crippen molar-refractivity contribution in [1.82, 2.24) is 0 Å². The van der Waals surface area contributed by atoms with Crippen molar-refractivity contribution in [3.05, 3.63) is 91.4 Å². The van der Waals surface area contributed by atoms with Crippen molar-refractivity contribution in [2.45, 2.75) is 4.75 Å². The Morgan fingerprint density at radius 3 is 1.79 bits per heavy atom. The summed E-state index contributed by atoms with van der Waals surface area (Å²) in [7, 11) is -5.17. The fourth-order valence-electron chi connectivity index (χ4n) is 3.26. The Kier molecular flexibility index (Phi) is 5.98. The molecule has 0 spiro atoms. The topological polar surface area (TPSA) is 94.8 Å². The van der Waals surface area contributed by atoms with E-state index in [4.69, 9.17) is 46.4 Å². The molecular weight excluding hydrogens is 482 g/mol. The molecule has 0 aliphatic carbocycles. The quantitative estimate of drug-likeness (QED) is 0.239. The van der Waals surface area contributed by atoms with Crippen LogP contribution in [0.25, 0.3) is 0 Å². The van der Waals surface area contributed by atoms with Gasteiger partial charge in [-0.15, -0.1) is 0 Å². The summed E-state index contributed by atoms with van der Waals surface area (Å²) in [5, 5.41) is 19.9. The van der Waals surface area contributed by atoms with Crippen molar-refractivity contribution in [2.75, 3.05) is 0 Å². The molecule has 0 saturated heterocycles. The van der Waals surface area contributed by atoms with Crippen molar-refractivity contribution in [3.63, 3.8) is 0 Å². The molecular formula is C19H12Cl4O5S. The maximum Gasteiger partial charge on any atom is 0.283 e. The molecule has 3 N–H and O–H groups in total. The standard InChI is InChI=1S/C19H12Cl4O5S/c20-11-8-12(21)16(13(22)9-11)19(29(26,27)28,10-4-2-1-3-5-10)17-14(24)6-7-15(25)18(17)23/h1-9,24-25H,(H,26,27,28). The molecule has 0 aliphatic rings. The average Bonchev–Trinajstić information content (AvgIpc) is 2.62. The van der Waals surface area contributed by atoms with Gasteiger partial charge in [0.15, 0.2) is 4.75 Å². The molecule has 0 radical (unpaired) electrons. The van der Waals surface area contributed by atoms with Gasteiger partial charge in [0.25, 0.3) is 10.1 Å². The van der Waals surface area contributed by atoms with Crippen molar-refractivity contribution >= 4 is 56.5 Å². The van der Waals surface area contributed by atoms with Crippen LogP contribution in [0.1, 0.15) is 16.7 Å². The van der Waals surface area contributed by atoms with Gasteiger partial charge in [-0.25, -0.2) is 0 Å². The zero-order valence-corrected chi connectivity index (χ0v) is 18.1. The summed E-state index contributed by atoms with van der Waals surface area (Å²) in [6.07, 6.45) is 0. The SMILES string of the molecule is O=S(=O)(O)C(c1ccccc1)(c1c(Cl)cc(Cl)cc1Cl)c1c(O)ccc(O)c1Cl. The third-order valence-corrected chi connectivity index (χ3v) is 6.99. The third-order valence-electron chi connectivity index (χ3n) is 4.38. The monoisotopic (exact) mass is 492 g/mol. The fourth-order valence-corrected chi connectivity index (χ4v) is 6.21. The zero-order valence-electron chi connectivity index (χ0n) is 14.3. The highest BCUT2D eigenvalue weighted by atomic mass is 35.5. The van der Waals surface area contributed by atoms with Crippen molar-refractivity contribution in [2.24, 2.45) is 0 Å². The molecule has 0 fully saturated rings. The van der Waals surface area contributed by atoms with E-state index in [1.54, 1.807) is 6.07 Å².